The van der Waals surface area contributed by atoms with Gasteiger partial charge in [-0.2, -0.15) is 0 Å². The fourth-order valence-electron chi connectivity index (χ4n) is 1.43. The standard InChI is InChI=1S/C12H16N2.C4H4O4/c1-14(2)8-7-10-9-13-12-6-4-3-5-11(10)12;5-3(6)1-2-4(7)8/h3-6,9,13H,7-8H2,1-2H3;1-2H,(H,5,6)(H,7,8)/b;2-1+/i1D3,2D3,7D2,8D2;. The number of nitrogens with one attached hydrogen (secondary N) is 1. The lowest BCUT2D eigenvalue weighted by atomic mass is 10.1. The molecule has 0 aliphatic heterocycles. The van der Waals surface area contributed by atoms with Crippen molar-refractivity contribution in [3.8, 4) is 0 Å². The smallest absolute Gasteiger partial charge is 0.328 e. The second-order valence-electron chi connectivity index (χ2n) is 3.83. The van der Waals surface area contributed by atoms with E-state index in [9.17, 15) is 9.59 Å². The van der Waals surface area contributed by atoms with E-state index < -0.39 is 38.8 Å². The molecule has 118 valence electrons. The van der Waals surface area contributed by atoms with E-state index in [0.29, 0.717) is 23.1 Å². The third kappa shape index (κ3) is 6.23. The van der Waals surface area contributed by atoms with E-state index in [4.69, 9.17) is 23.9 Å². The number of aliphatic carboxylic acids is 2. The van der Waals surface area contributed by atoms with Crippen LogP contribution >= 0.6 is 0 Å². The highest BCUT2D eigenvalue weighted by molar-refractivity contribution is 5.89. The molecule has 2 rings (SSSR count). The molecule has 6 nitrogen and oxygen atoms in total. The predicted molar refractivity (Wildman–Crippen MR) is 85.0 cm³/mol. The van der Waals surface area contributed by atoms with Gasteiger partial charge in [0.25, 0.3) is 0 Å². The van der Waals surface area contributed by atoms with Crippen molar-refractivity contribution >= 4 is 22.8 Å². The summed E-state index contributed by atoms with van der Waals surface area (Å²) in [6.45, 7) is -10.0. The maximum absolute atomic E-state index is 9.55. The zero-order chi connectivity index (χ0) is 25.1. The number of likely N-dealkylation sites (N-methyl/N-ethyl adjacent to an activating group) is 1. The number of rotatable bonds is 5. The Morgan fingerprint density at radius 3 is 2.50 bits per heavy atom. The Kier molecular flexibility index (Phi) is 2.98. The van der Waals surface area contributed by atoms with Gasteiger partial charge in [0, 0.05) is 49.5 Å². The second kappa shape index (κ2) is 8.63. The number of hydrogen-bond acceptors (Lipinski definition) is 3. The first-order valence-electron chi connectivity index (χ1n) is 10.8. The highest BCUT2D eigenvalue weighted by Crippen LogP contribution is 2.17. The van der Waals surface area contributed by atoms with Crippen molar-refractivity contribution in [2.45, 2.75) is 6.37 Å². The summed E-state index contributed by atoms with van der Waals surface area (Å²) in [6.07, 6.45) is -0.570. The molecule has 3 N–H and O–H groups in total. The van der Waals surface area contributed by atoms with Crippen molar-refractivity contribution in [2.75, 3.05) is 20.4 Å². The van der Waals surface area contributed by atoms with Crippen LogP contribution in [-0.2, 0) is 16.0 Å². The number of carbonyl (C=O) groups is 2. The Morgan fingerprint density at radius 2 is 1.91 bits per heavy atom. The van der Waals surface area contributed by atoms with Crippen molar-refractivity contribution in [3.05, 3.63) is 48.2 Å². The highest BCUT2D eigenvalue weighted by atomic mass is 16.4. The summed E-state index contributed by atoms with van der Waals surface area (Å²) in [5.74, 6) is -2.51. The number of H-pyrrole nitrogens is 1. The first-order chi connectivity index (χ1) is 14.3. The average Bonchev–Trinajstić information content (AvgIpc) is 3.02. The number of aromatic nitrogens is 1. The van der Waals surface area contributed by atoms with E-state index in [-0.39, 0.29) is 10.5 Å². The first-order valence-corrected chi connectivity index (χ1v) is 5.84. The summed E-state index contributed by atoms with van der Waals surface area (Å²) in [5, 5.41) is 16.0. The third-order valence-corrected chi connectivity index (χ3v) is 2.26. The molecule has 0 amide bonds. The number of aryl methyl sites for hydroxylation is 1. The molecule has 1 aromatic carbocycles. The molecule has 0 aliphatic carbocycles. The van der Waals surface area contributed by atoms with Crippen LogP contribution in [0.3, 0.4) is 0 Å². The maximum atomic E-state index is 9.55. The molecule has 0 saturated carbocycles. The zero-order valence-corrected chi connectivity index (χ0v) is 11.2. The van der Waals surface area contributed by atoms with Gasteiger partial charge in [-0.15, -0.1) is 0 Å². The molecular weight excluding hydrogens is 284 g/mol. The Labute approximate surface area is 142 Å². The molecule has 0 spiro atoms. The van der Waals surface area contributed by atoms with E-state index in [1.807, 2.05) is 0 Å². The summed E-state index contributed by atoms with van der Waals surface area (Å²) in [4.78, 5) is 21.5. The van der Waals surface area contributed by atoms with Gasteiger partial charge >= 0.3 is 11.9 Å². The summed E-state index contributed by atoms with van der Waals surface area (Å²) >= 11 is 0. The number of para-hydroxylation sites is 1. The third-order valence-electron chi connectivity index (χ3n) is 2.26. The number of nitrogens with zero attached hydrogens (tertiary/aromatic N) is 1. The quantitative estimate of drug-likeness (QED) is 0.734. The lowest BCUT2D eigenvalue weighted by Crippen LogP contribution is -2.14. The van der Waals surface area contributed by atoms with Crippen molar-refractivity contribution in [3.63, 3.8) is 0 Å². The van der Waals surface area contributed by atoms with Gasteiger partial charge in [0.1, 0.15) is 0 Å². The van der Waals surface area contributed by atoms with Crippen molar-refractivity contribution in [2.24, 2.45) is 0 Å². The predicted octanol–water partition coefficient (Wildman–Crippen LogP) is 1.98. The van der Waals surface area contributed by atoms with Crippen LogP contribution in [0, 0.1) is 0 Å². The summed E-state index contributed by atoms with van der Waals surface area (Å²) in [6, 6.07) is 6.51. The molecule has 1 aromatic heterocycles. The van der Waals surface area contributed by atoms with E-state index in [1.54, 1.807) is 24.3 Å². The molecule has 22 heavy (non-hydrogen) atoms. The van der Waals surface area contributed by atoms with Gasteiger partial charge < -0.3 is 20.1 Å². The minimum atomic E-state index is -3.35. The van der Waals surface area contributed by atoms with Crippen molar-refractivity contribution < 1.29 is 33.5 Å². The van der Waals surface area contributed by atoms with E-state index in [1.165, 1.54) is 6.20 Å². The van der Waals surface area contributed by atoms with Crippen LogP contribution in [-0.4, -0.2) is 52.5 Å². The van der Waals surface area contributed by atoms with Crippen LogP contribution in [0.15, 0.2) is 42.6 Å². The monoisotopic (exact) mass is 314 g/mol. The summed E-state index contributed by atoms with van der Waals surface area (Å²) in [7, 11) is 0. The molecular formula is C16H20N2O4. The number of benzene rings is 1. The molecule has 6 heteroatoms. The van der Waals surface area contributed by atoms with E-state index in [0.717, 1.165) is 0 Å². The molecule has 0 fully saturated rings. The molecule has 0 atom stereocenters. The van der Waals surface area contributed by atoms with Gasteiger partial charge in [-0.1, -0.05) is 18.2 Å². The van der Waals surface area contributed by atoms with E-state index in [2.05, 4.69) is 4.98 Å². The van der Waals surface area contributed by atoms with Gasteiger partial charge in [-0.3, -0.25) is 0 Å². The van der Waals surface area contributed by atoms with Crippen LogP contribution in [0.4, 0.5) is 0 Å². The van der Waals surface area contributed by atoms with Gasteiger partial charge in [-0.25, -0.2) is 9.59 Å². The molecule has 1 heterocycles. The normalized spacial score (nSPS) is 19.9. The van der Waals surface area contributed by atoms with Crippen LogP contribution < -0.4 is 0 Å². The Balaban J connectivity index is 0.000000547. The molecule has 0 aliphatic rings. The zero-order valence-electron chi connectivity index (χ0n) is 21.2. The van der Waals surface area contributed by atoms with Crippen LogP contribution in [0.5, 0.6) is 0 Å². The van der Waals surface area contributed by atoms with Crippen LogP contribution in [0.25, 0.3) is 10.9 Å². The number of carboxylic acid groups (broad SMARTS) is 2. The van der Waals surface area contributed by atoms with E-state index >= 15 is 0 Å². The summed E-state index contributed by atoms with van der Waals surface area (Å²) < 4.78 is 76.6. The van der Waals surface area contributed by atoms with Crippen LogP contribution in [0.1, 0.15) is 19.3 Å². The SMILES string of the molecule is O=C(O)/C=C/C(=O)O.[2H]C([2H])([2H])N(C([2H])([2H])[2H])C([2H])([2H])C([2H])([2H])c1c[nH]c2ccccc12. The van der Waals surface area contributed by atoms with Crippen molar-refractivity contribution in [1.29, 1.82) is 0 Å². The number of aromatic amines is 1. The second-order valence-corrected chi connectivity index (χ2v) is 3.83. The number of fused-ring (bicyclic) bond motifs is 1. The Hall–Kier alpha value is -2.60. The lowest BCUT2D eigenvalue weighted by Gasteiger charge is -2.07. The Morgan fingerprint density at radius 1 is 1.27 bits per heavy atom. The van der Waals surface area contributed by atoms with Gasteiger partial charge in [0.2, 0.25) is 0 Å². The molecule has 0 radical (unpaired) electrons. The van der Waals surface area contributed by atoms with Crippen LogP contribution in [0.2, 0.25) is 0 Å². The fourth-order valence-corrected chi connectivity index (χ4v) is 1.43. The first kappa shape index (κ1) is 7.60. The van der Waals surface area contributed by atoms with Gasteiger partial charge in [0.15, 0.2) is 0 Å². The average molecular weight is 314 g/mol. The maximum Gasteiger partial charge on any atom is 0.328 e. The number of hydrogen-bond donors (Lipinski definition) is 3. The van der Waals surface area contributed by atoms with Gasteiger partial charge in [-0.05, 0) is 32.0 Å². The summed E-state index contributed by atoms with van der Waals surface area (Å²) in [5.41, 5.74) is 0.378. The molecule has 0 unspecified atom stereocenters. The lowest BCUT2D eigenvalue weighted by molar-refractivity contribution is -0.134. The topological polar surface area (TPSA) is 93.6 Å². The van der Waals surface area contributed by atoms with Crippen molar-refractivity contribution in [1.82, 2.24) is 9.88 Å². The minimum absolute atomic E-state index is 0.151. The highest BCUT2D eigenvalue weighted by Gasteiger charge is 2.02. The minimum Gasteiger partial charge on any atom is -0.478 e. The molecule has 0 saturated heterocycles. The number of carboxylic acids is 2. The van der Waals surface area contributed by atoms with Gasteiger partial charge in [0.05, 0.1) is 0 Å². The molecule has 0 bridgehead atoms. The molecule has 2 aromatic rings. The fraction of sp³-hybridized carbons (Fsp3) is 0.250. The largest absolute Gasteiger partial charge is 0.478 e. The Bertz CT molecular complexity index is 965.